The van der Waals surface area contributed by atoms with Gasteiger partial charge in [-0.15, -0.1) is 0 Å². The number of carbonyl (C=O) groups is 2. The average molecular weight is 541 g/mol. The molecule has 0 fully saturated rings. The summed E-state index contributed by atoms with van der Waals surface area (Å²) in [5.41, 5.74) is 6.17. The Balaban J connectivity index is 1.62. The molecule has 0 heterocycles. The van der Waals surface area contributed by atoms with E-state index in [0.717, 1.165) is 66.3 Å². The Morgan fingerprint density at radius 1 is 0.700 bits per heavy atom. The number of rotatable bonds is 15. The van der Waals surface area contributed by atoms with Crippen LogP contribution < -0.4 is 0 Å². The molecule has 4 heteroatoms. The summed E-state index contributed by atoms with van der Waals surface area (Å²) in [5, 5.41) is 0. The maximum Gasteiger partial charge on any atom is 0.338 e. The van der Waals surface area contributed by atoms with Crippen LogP contribution in [0.1, 0.15) is 92.5 Å². The Bertz CT molecular complexity index is 1240. The quantitative estimate of drug-likeness (QED) is 0.142. The lowest BCUT2D eigenvalue weighted by Gasteiger charge is -2.12. The first-order valence-corrected chi connectivity index (χ1v) is 14.7. The van der Waals surface area contributed by atoms with Crippen molar-refractivity contribution in [2.24, 2.45) is 11.8 Å². The van der Waals surface area contributed by atoms with Crippen LogP contribution >= 0.6 is 0 Å². The molecule has 212 valence electrons. The van der Waals surface area contributed by atoms with Gasteiger partial charge in [-0.05, 0) is 95.7 Å². The third-order valence-corrected chi connectivity index (χ3v) is 7.70. The summed E-state index contributed by atoms with van der Waals surface area (Å²) < 4.78 is 10.9. The summed E-state index contributed by atoms with van der Waals surface area (Å²) in [6, 6.07) is 21.3. The molecule has 0 spiro atoms. The minimum absolute atomic E-state index is 0.281. The van der Waals surface area contributed by atoms with E-state index in [1.54, 1.807) is 0 Å². The fourth-order valence-corrected chi connectivity index (χ4v) is 4.53. The molecule has 3 rings (SSSR count). The van der Waals surface area contributed by atoms with Crippen LogP contribution in [0.3, 0.4) is 0 Å². The van der Waals surface area contributed by atoms with Crippen molar-refractivity contribution >= 4 is 18.0 Å². The summed E-state index contributed by atoms with van der Waals surface area (Å²) in [5.74, 6) is 0.743. The topological polar surface area (TPSA) is 52.6 Å². The first-order valence-electron chi connectivity index (χ1n) is 14.7. The number of carbonyl (C=O) groups excluding carboxylic acids is 2. The van der Waals surface area contributed by atoms with Crippen molar-refractivity contribution in [2.75, 3.05) is 13.2 Å². The highest BCUT2D eigenvalue weighted by Gasteiger charge is 2.12. The maximum absolute atomic E-state index is 12.4. The molecule has 2 atom stereocenters. The standard InChI is InChI=1S/C36H44O4/c1-6-26(4)11-9-23-39-35(37)31-17-13-29(14-18-31)33-21-22-34(28(8-3)25-33)30-15-19-32(20-16-30)36(38)40-24-10-12-27(5)7-2/h8,13-22,25-27H,3,6-7,9-12,23-24H2,1-2,4-5H3/t26-,27-/m0/s1. The van der Waals surface area contributed by atoms with Crippen LogP contribution in [0.25, 0.3) is 28.3 Å². The van der Waals surface area contributed by atoms with E-state index in [0.29, 0.717) is 36.2 Å². The van der Waals surface area contributed by atoms with Crippen molar-refractivity contribution in [1.82, 2.24) is 0 Å². The van der Waals surface area contributed by atoms with E-state index in [2.05, 4.69) is 52.5 Å². The highest BCUT2D eigenvalue weighted by molar-refractivity contribution is 5.91. The Hall–Kier alpha value is -3.66. The molecule has 0 radical (unpaired) electrons. The number of hydrogen-bond donors (Lipinski definition) is 0. The maximum atomic E-state index is 12.4. The molecule has 0 N–H and O–H groups in total. The van der Waals surface area contributed by atoms with E-state index in [1.807, 2.05) is 54.6 Å². The minimum Gasteiger partial charge on any atom is -0.462 e. The Kier molecular flexibility index (Phi) is 12.2. The molecule has 3 aromatic rings. The molecule has 0 bridgehead atoms. The largest absolute Gasteiger partial charge is 0.462 e. The summed E-state index contributed by atoms with van der Waals surface area (Å²) >= 11 is 0. The molecule has 0 amide bonds. The van der Waals surface area contributed by atoms with Crippen molar-refractivity contribution in [1.29, 1.82) is 0 Å². The Labute approximate surface area is 240 Å². The second-order valence-corrected chi connectivity index (χ2v) is 10.7. The third-order valence-electron chi connectivity index (χ3n) is 7.70. The zero-order valence-electron chi connectivity index (χ0n) is 24.6. The van der Waals surface area contributed by atoms with Crippen LogP contribution in [-0.2, 0) is 9.47 Å². The smallest absolute Gasteiger partial charge is 0.338 e. The number of hydrogen-bond acceptors (Lipinski definition) is 4. The van der Waals surface area contributed by atoms with Crippen molar-refractivity contribution < 1.29 is 19.1 Å². The molecule has 0 aliphatic carbocycles. The molecule has 40 heavy (non-hydrogen) atoms. The zero-order valence-corrected chi connectivity index (χ0v) is 24.6. The van der Waals surface area contributed by atoms with Crippen LogP contribution in [0.15, 0.2) is 73.3 Å². The highest BCUT2D eigenvalue weighted by Crippen LogP contribution is 2.30. The van der Waals surface area contributed by atoms with Gasteiger partial charge in [0.25, 0.3) is 0 Å². The summed E-state index contributed by atoms with van der Waals surface area (Å²) in [4.78, 5) is 24.8. The number of esters is 2. The summed E-state index contributed by atoms with van der Waals surface area (Å²) in [6.07, 6.45) is 8.04. The van der Waals surface area contributed by atoms with Crippen LogP contribution in [0.5, 0.6) is 0 Å². The van der Waals surface area contributed by atoms with Crippen LogP contribution in [0, 0.1) is 11.8 Å². The SMILES string of the molecule is C=Cc1cc(-c2ccc(C(=O)OCCC[C@@H](C)CC)cc2)ccc1-c1ccc(C(=O)OCCC[C@@H](C)CC)cc1. The lowest BCUT2D eigenvalue weighted by Crippen LogP contribution is -2.07. The van der Waals surface area contributed by atoms with E-state index in [4.69, 9.17) is 9.47 Å². The van der Waals surface area contributed by atoms with Gasteiger partial charge in [-0.25, -0.2) is 9.59 Å². The average Bonchev–Trinajstić information content (AvgIpc) is 3.00. The Morgan fingerprint density at radius 2 is 1.15 bits per heavy atom. The predicted octanol–water partition coefficient (Wildman–Crippen LogP) is 9.63. The van der Waals surface area contributed by atoms with Gasteiger partial charge >= 0.3 is 11.9 Å². The molecule has 0 aliphatic rings. The van der Waals surface area contributed by atoms with Gasteiger partial charge in [0.1, 0.15) is 0 Å². The molecular formula is C36H44O4. The second kappa shape index (κ2) is 15.8. The van der Waals surface area contributed by atoms with Gasteiger partial charge in [-0.1, -0.05) is 89.6 Å². The van der Waals surface area contributed by atoms with Crippen LogP contribution in [0.4, 0.5) is 0 Å². The van der Waals surface area contributed by atoms with E-state index in [9.17, 15) is 9.59 Å². The fraction of sp³-hybridized carbons (Fsp3) is 0.389. The van der Waals surface area contributed by atoms with Gasteiger partial charge < -0.3 is 9.47 Å². The first kappa shape index (κ1) is 30.9. The summed E-state index contributed by atoms with van der Waals surface area (Å²) in [6.45, 7) is 13.7. The van der Waals surface area contributed by atoms with E-state index >= 15 is 0 Å². The first-order chi connectivity index (χ1) is 19.4. The molecule has 0 aromatic heterocycles. The zero-order chi connectivity index (χ0) is 28.9. The monoisotopic (exact) mass is 540 g/mol. The molecule has 4 nitrogen and oxygen atoms in total. The van der Waals surface area contributed by atoms with Crippen molar-refractivity contribution in [2.45, 2.75) is 66.2 Å². The van der Waals surface area contributed by atoms with Crippen LogP contribution in [0.2, 0.25) is 0 Å². The van der Waals surface area contributed by atoms with Crippen molar-refractivity contribution in [3.63, 3.8) is 0 Å². The molecule has 0 unspecified atom stereocenters. The minimum atomic E-state index is -0.284. The van der Waals surface area contributed by atoms with E-state index < -0.39 is 0 Å². The lowest BCUT2D eigenvalue weighted by atomic mass is 9.94. The van der Waals surface area contributed by atoms with Crippen molar-refractivity contribution in [3.8, 4) is 22.3 Å². The third kappa shape index (κ3) is 8.94. The molecule has 0 aliphatic heterocycles. The van der Waals surface area contributed by atoms with Gasteiger partial charge in [0, 0.05) is 0 Å². The summed E-state index contributed by atoms with van der Waals surface area (Å²) in [7, 11) is 0. The van der Waals surface area contributed by atoms with Gasteiger partial charge in [-0.2, -0.15) is 0 Å². The normalized spacial score (nSPS) is 12.4. The molecule has 3 aromatic carbocycles. The van der Waals surface area contributed by atoms with Gasteiger partial charge in [-0.3, -0.25) is 0 Å². The molecule has 0 saturated carbocycles. The number of ether oxygens (including phenoxy) is 2. The Morgan fingerprint density at radius 3 is 1.60 bits per heavy atom. The lowest BCUT2D eigenvalue weighted by molar-refractivity contribution is 0.0485. The second-order valence-electron chi connectivity index (χ2n) is 10.7. The van der Waals surface area contributed by atoms with Gasteiger partial charge in [0.2, 0.25) is 0 Å². The fourth-order valence-electron chi connectivity index (χ4n) is 4.53. The predicted molar refractivity (Wildman–Crippen MR) is 165 cm³/mol. The van der Waals surface area contributed by atoms with Gasteiger partial charge in [0.05, 0.1) is 24.3 Å². The van der Waals surface area contributed by atoms with E-state index in [-0.39, 0.29) is 11.9 Å². The van der Waals surface area contributed by atoms with Crippen LogP contribution in [-0.4, -0.2) is 25.2 Å². The number of benzene rings is 3. The van der Waals surface area contributed by atoms with Crippen molar-refractivity contribution in [3.05, 3.63) is 90.0 Å². The van der Waals surface area contributed by atoms with Gasteiger partial charge in [0.15, 0.2) is 0 Å². The van der Waals surface area contributed by atoms with E-state index in [1.165, 1.54) is 0 Å². The molecular weight excluding hydrogens is 496 g/mol. The molecule has 0 saturated heterocycles. The highest BCUT2D eigenvalue weighted by atomic mass is 16.5.